The second-order valence-electron chi connectivity index (χ2n) is 8.01. The van der Waals surface area contributed by atoms with Crippen molar-refractivity contribution in [1.29, 1.82) is 0 Å². The quantitative estimate of drug-likeness (QED) is 0.714. The highest BCUT2D eigenvalue weighted by molar-refractivity contribution is 5.91. The fraction of sp³-hybridized carbons (Fsp3) is 0.348. The fourth-order valence-electron chi connectivity index (χ4n) is 4.73. The molecule has 0 bridgehead atoms. The van der Waals surface area contributed by atoms with E-state index in [0.29, 0.717) is 0 Å². The summed E-state index contributed by atoms with van der Waals surface area (Å²) >= 11 is 0. The number of nitrogens with zero attached hydrogens (tertiary/aromatic N) is 2. The predicted octanol–water partition coefficient (Wildman–Crippen LogP) is 3.96. The van der Waals surface area contributed by atoms with E-state index in [1.807, 2.05) is 0 Å². The highest BCUT2D eigenvalue weighted by Crippen LogP contribution is 2.34. The Balaban J connectivity index is 1.76. The van der Waals surface area contributed by atoms with Gasteiger partial charge in [0.15, 0.2) is 5.43 Å². The van der Waals surface area contributed by atoms with Crippen LogP contribution in [-0.2, 0) is 19.4 Å². The molecule has 4 nitrogen and oxygen atoms in total. The maximum Gasteiger partial charge on any atom is 0.189 e. The second-order valence-corrected chi connectivity index (χ2v) is 8.01. The summed E-state index contributed by atoms with van der Waals surface area (Å²) in [7, 11) is 2.19. The number of aromatic nitrogens is 2. The van der Waals surface area contributed by atoms with Crippen LogP contribution in [-0.4, -0.2) is 28.0 Å². The number of fused-ring (bicyclic) bond motifs is 4. The van der Waals surface area contributed by atoms with Gasteiger partial charge in [0, 0.05) is 60.3 Å². The Kier molecular flexibility index (Phi) is 3.83. The molecule has 5 rings (SSSR count). The molecule has 2 aromatic heterocycles. The Hall–Kier alpha value is -2.59. The molecule has 0 atom stereocenters. The zero-order valence-electron chi connectivity index (χ0n) is 16.0. The normalized spacial score (nSPS) is 18.7. The minimum atomic E-state index is 0.135. The number of pyridine rings is 1. The van der Waals surface area contributed by atoms with Crippen molar-refractivity contribution in [2.45, 2.75) is 39.2 Å². The van der Waals surface area contributed by atoms with Gasteiger partial charge in [-0.15, -0.1) is 0 Å². The molecule has 27 heavy (non-hydrogen) atoms. The highest BCUT2D eigenvalue weighted by atomic mass is 16.1. The molecule has 0 saturated heterocycles. The molecule has 4 heteroatoms. The monoisotopic (exact) mass is 359 g/mol. The van der Waals surface area contributed by atoms with Gasteiger partial charge in [0.05, 0.1) is 5.52 Å². The summed E-state index contributed by atoms with van der Waals surface area (Å²) in [5.74, 6) is 0. The van der Waals surface area contributed by atoms with E-state index in [4.69, 9.17) is 0 Å². The largest absolute Gasteiger partial charge is 0.364 e. The molecule has 3 aromatic rings. The molecule has 2 aliphatic rings. The third-order valence-corrected chi connectivity index (χ3v) is 6.05. The number of nitrogens with one attached hydrogen (secondary N) is 1. The zero-order valence-corrected chi connectivity index (χ0v) is 16.0. The standard InChI is InChI=1S/C23H25N3O/c1-15-6-7-20-17(12-15)18-14-25(2)11-9-21(18)26(20)13-16-4-3-5-19-23(16)22(27)8-10-24-19/h6-8,10,12-13H,3-5,9,11,14H2,1-2H3,(H,24,27)/b16-13+. The lowest BCUT2D eigenvalue weighted by atomic mass is 9.91. The topological polar surface area (TPSA) is 41.0 Å². The van der Waals surface area contributed by atoms with Crippen LogP contribution in [0.15, 0.2) is 35.3 Å². The van der Waals surface area contributed by atoms with Gasteiger partial charge in [-0.25, -0.2) is 0 Å². The van der Waals surface area contributed by atoms with Crippen molar-refractivity contribution in [3.63, 3.8) is 0 Å². The minimum Gasteiger partial charge on any atom is -0.364 e. The summed E-state index contributed by atoms with van der Waals surface area (Å²) in [6, 6.07) is 8.39. The fourth-order valence-corrected chi connectivity index (χ4v) is 4.73. The van der Waals surface area contributed by atoms with Crippen LogP contribution in [0.3, 0.4) is 0 Å². The number of hydrogen-bond donors (Lipinski definition) is 1. The van der Waals surface area contributed by atoms with Crippen molar-refractivity contribution in [3.05, 3.63) is 68.8 Å². The number of allylic oxidation sites excluding steroid dienone is 1. The molecule has 1 aromatic carbocycles. The van der Waals surface area contributed by atoms with Gasteiger partial charge in [-0.1, -0.05) is 11.6 Å². The van der Waals surface area contributed by atoms with Crippen LogP contribution in [0.4, 0.5) is 0 Å². The zero-order chi connectivity index (χ0) is 18.5. The number of aryl methyl sites for hydroxylation is 2. The smallest absolute Gasteiger partial charge is 0.189 e. The van der Waals surface area contributed by atoms with Gasteiger partial charge in [0.1, 0.15) is 0 Å². The van der Waals surface area contributed by atoms with E-state index in [1.165, 1.54) is 27.7 Å². The lowest BCUT2D eigenvalue weighted by Crippen LogP contribution is -2.27. The molecule has 3 heterocycles. The number of H-pyrrole nitrogens is 1. The van der Waals surface area contributed by atoms with E-state index in [0.717, 1.165) is 55.6 Å². The molecule has 1 aliphatic heterocycles. The summed E-state index contributed by atoms with van der Waals surface area (Å²) in [5, 5.41) is 1.35. The number of likely N-dealkylation sites (N-methyl/N-ethyl adjacent to an activating group) is 1. The average Bonchev–Trinajstić information content (AvgIpc) is 2.94. The predicted molar refractivity (Wildman–Crippen MR) is 111 cm³/mol. The van der Waals surface area contributed by atoms with Gasteiger partial charge in [0.25, 0.3) is 0 Å². The van der Waals surface area contributed by atoms with E-state index < -0.39 is 0 Å². The molecule has 0 radical (unpaired) electrons. The van der Waals surface area contributed by atoms with Gasteiger partial charge >= 0.3 is 0 Å². The number of benzene rings is 1. The molecule has 0 spiro atoms. The summed E-state index contributed by atoms with van der Waals surface area (Å²) < 4.78 is 2.37. The molecule has 1 aliphatic carbocycles. The van der Waals surface area contributed by atoms with E-state index >= 15 is 0 Å². The maximum atomic E-state index is 12.6. The minimum absolute atomic E-state index is 0.135. The first-order valence-electron chi connectivity index (χ1n) is 9.84. The third kappa shape index (κ3) is 2.67. The van der Waals surface area contributed by atoms with Crippen molar-refractivity contribution in [2.75, 3.05) is 13.6 Å². The Morgan fingerprint density at radius 3 is 2.93 bits per heavy atom. The van der Waals surface area contributed by atoms with E-state index in [2.05, 4.69) is 52.8 Å². The number of hydrogen-bond acceptors (Lipinski definition) is 2. The summed E-state index contributed by atoms with van der Waals surface area (Å²) in [5.41, 5.74) is 8.67. The Morgan fingerprint density at radius 2 is 2.04 bits per heavy atom. The lowest BCUT2D eigenvalue weighted by molar-refractivity contribution is 0.312. The van der Waals surface area contributed by atoms with Crippen molar-refractivity contribution < 1.29 is 0 Å². The van der Waals surface area contributed by atoms with Crippen LogP contribution in [0.1, 0.15) is 40.9 Å². The van der Waals surface area contributed by atoms with E-state index in [9.17, 15) is 4.79 Å². The van der Waals surface area contributed by atoms with Gasteiger partial charge in [0.2, 0.25) is 0 Å². The maximum absolute atomic E-state index is 12.6. The van der Waals surface area contributed by atoms with Gasteiger partial charge in [-0.2, -0.15) is 0 Å². The Morgan fingerprint density at radius 1 is 1.15 bits per heavy atom. The molecule has 138 valence electrons. The highest BCUT2D eigenvalue weighted by Gasteiger charge is 2.23. The summed E-state index contributed by atoms with van der Waals surface area (Å²) in [6.07, 6.45) is 8.06. The first kappa shape index (κ1) is 16.6. The van der Waals surface area contributed by atoms with Crippen LogP contribution < -0.4 is 5.43 Å². The van der Waals surface area contributed by atoms with E-state index in [1.54, 1.807) is 12.3 Å². The number of aromatic amines is 1. The Bertz CT molecular complexity index is 1130. The summed E-state index contributed by atoms with van der Waals surface area (Å²) in [6.45, 7) is 4.22. The van der Waals surface area contributed by atoms with Crippen LogP contribution in [0.25, 0.3) is 22.7 Å². The summed E-state index contributed by atoms with van der Waals surface area (Å²) in [4.78, 5) is 18.3. The van der Waals surface area contributed by atoms with Gasteiger partial charge in [-0.3, -0.25) is 4.79 Å². The average molecular weight is 359 g/mol. The third-order valence-electron chi connectivity index (χ3n) is 6.05. The molecular formula is C23H25N3O. The van der Waals surface area contributed by atoms with Crippen molar-refractivity contribution in [3.8, 4) is 0 Å². The van der Waals surface area contributed by atoms with Crippen LogP contribution in [0.2, 0.25) is 0 Å². The SMILES string of the molecule is Cc1ccc2c(c1)c1c(n2/C=C2\CCCc3[nH]ccc(=O)c32)CCN(C)C1. The molecule has 1 N–H and O–H groups in total. The molecule has 0 saturated carbocycles. The molecule has 0 amide bonds. The van der Waals surface area contributed by atoms with Crippen LogP contribution >= 0.6 is 0 Å². The lowest BCUT2D eigenvalue weighted by Gasteiger charge is -2.24. The molecule has 0 unspecified atom stereocenters. The van der Waals surface area contributed by atoms with Crippen molar-refractivity contribution >= 4 is 22.7 Å². The first-order chi connectivity index (χ1) is 13.1. The first-order valence-corrected chi connectivity index (χ1v) is 9.84. The molecule has 0 fully saturated rings. The van der Waals surface area contributed by atoms with Gasteiger partial charge in [-0.05, 0) is 56.5 Å². The van der Waals surface area contributed by atoms with Gasteiger partial charge < -0.3 is 14.5 Å². The second kappa shape index (κ2) is 6.24. The number of rotatable bonds is 1. The Labute approximate surface area is 159 Å². The van der Waals surface area contributed by atoms with Crippen LogP contribution in [0.5, 0.6) is 0 Å². The van der Waals surface area contributed by atoms with E-state index in [-0.39, 0.29) is 5.43 Å². The van der Waals surface area contributed by atoms with Crippen LogP contribution in [0, 0.1) is 6.92 Å². The van der Waals surface area contributed by atoms with Crippen molar-refractivity contribution in [1.82, 2.24) is 14.5 Å². The molecular weight excluding hydrogens is 334 g/mol. The van der Waals surface area contributed by atoms with Crippen molar-refractivity contribution in [2.24, 2.45) is 0 Å².